The van der Waals surface area contributed by atoms with Crippen LogP contribution in [0.5, 0.6) is 11.5 Å². The standard InChI is InChI=1S/C16H24N2O6S/c1-12-11-24-8-7-18(12)25(20,21)9-6-17-16(19)13-4-5-14(22-2)15(10-13)23-3/h4-5,10,12H,6-9,11H2,1-3H3,(H,17,19). The highest BCUT2D eigenvalue weighted by Gasteiger charge is 2.29. The van der Waals surface area contributed by atoms with Crippen molar-refractivity contribution in [1.29, 1.82) is 0 Å². The molecule has 9 heteroatoms. The smallest absolute Gasteiger partial charge is 0.251 e. The van der Waals surface area contributed by atoms with E-state index in [0.29, 0.717) is 36.8 Å². The van der Waals surface area contributed by atoms with Crippen LogP contribution in [0, 0.1) is 0 Å². The molecule has 1 fully saturated rings. The van der Waals surface area contributed by atoms with E-state index in [1.165, 1.54) is 18.5 Å². The predicted molar refractivity (Wildman–Crippen MR) is 92.7 cm³/mol. The second-order valence-corrected chi connectivity index (χ2v) is 7.72. The molecule has 140 valence electrons. The van der Waals surface area contributed by atoms with Crippen LogP contribution in [0.25, 0.3) is 0 Å². The quantitative estimate of drug-likeness (QED) is 0.748. The lowest BCUT2D eigenvalue weighted by molar-refractivity contribution is 0.0393. The highest BCUT2D eigenvalue weighted by Crippen LogP contribution is 2.27. The van der Waals surface area contributed by atoms with Gasteiger partial charge in [0.2, 0.25) is 10.0 Å². The molecule has 25 heavy (non-hydrogen) atoms. The third kappa shape index (κ3) is 4.83. The maximum Gasteiger partial charge on any atom is 0.251 e. The zero-order chi connectivity index (χ0) is 18.4. The van der Waals surface area contributed by atoms with Gasteiger partial charge in [0.1, 0.15) is 0 Å². The summed E-state index contributed by atoms with van der Waals surface area (Å²) in [6.45, 7) is 2.95. The van der Waals surface area contributed by atoms with Crippen molar-refractivity contribution >= 4 is 15.9 Å². The molecule has 1 aliphatic rings. The molecular formula is C16H24N2O6S. The number of nitrogens with zero attached hydrogens (tertiary/aromatic N) is 1. The molecule has 1 aliphatic heterocycles. The lowest BCUT2D eigenvalue weighted by Gasteiger charge is -2.32. The Hall–Kier alpha value is -1.84. The SMILES string of the molecule is COc1ccc(C(=O)NCCS(=O)(=O)N2CCOCC2C)cc1OC. The van der Waals surface area contributed by atoms with E-state index in [-0.39, 0.29) is 24.2 Å². The van der Waals surface area contributed by atoms with E-state index < -0.39 is 10.0 Å². The average Bonchev–Trinajstić information content (AvgIpc) is 2.61. The van der Waals surface area contributed by atoms with Crippen molar-refractivity contribution in [2.75, 3.05) is 46.3 Å². The van der Waals surface area contributed by atoms with Crippen molar-refractivity contribution in [3.8, 4) is 11.5 Å². The van der Waals surface area contributed by atoms with Crippen LogP contribution in [0.1, 0.15) is 17.3 Å². The van der Waals surface area contributed by atoms with E-state index in [1.54, 1.807) is 25.1 Å². The molecule has 1 unspecified atom stereocenters. The number of hydrogen-bond donors (Lipinski definition) is 1. The van der Waals surface area contributed by atoms with Crippen molar-refractivity contribution in [1.82, 2.24) is 9.62 Å². The van der Waals surface area contributed by atoms with Gasteiger partial charge in [-0.05, 0) is 25.1 Å². The molecule has 2 rings (SSSR count). The summed E-state index contributed by atoms with van der Waals surface area (Å²) in [5.74, 6) is 0.426. The molecule has 8 nitrogen and oxygen atoms in total. The van der Waals surface area contributed by atoms with Gasteiger partial charge in [0.25, 0.3) is 5.91 Å². The Bertz CT molecular complexity index is 707. The lowest BCUT2D eigenvalue weighted by atomic mass is 10.2. The topological polar surface area (TPSA) is 94.2 Å². The van der Waals surface area contributed by atoms with Gasteiger partial charge in [0.15, 0.2) is 11.5 Å². The molecule has 1 aromatic rings. The molecule has 1 heterocycles. The number of carbonyl (C=O) groups is 1. The van der Waals surface area contributed by atoms with Crippen LogP contribution in [-0.4, -0.2) is 70.9 Å². The summed E-state index contributed by atoms with van der Waals surface area (Å²) >= 11 is 0. The van der Waals surface area contributed by atoms with E-state index in [1.807, 2.05) is 0 Å². The van der Waals surface area contributed by atoms with Crippen molar-refractivity contribution in [3.05, 3.63) is 23.8 Å². The van der Waals surface area contributed by atoms with Crippen LogP contribution < -0.4 is 14.8 Å². The predicted octanol–water partition coefficient (Wildman–Crippen LogP) is 0.484. The highest BCUT2D eigenvalue weighted by molar-refractivity contribution is 7.89. The average molecular weight is 372 g/mol. The summed E-state index contributed by atoms with van der Waals surface area (Å²) in [5.41, 5.74) is 0.370. The van der Waals surface area contributed by atoms with E-state index in [9.17, 15) is 13.2 Å². The number of carbonyl (C=O) groups excluding carboxylic acids is 1. The minimum absolute atomic E-state index is 0.0274. The Morgan fingerprint density at radius 1 is 1.32 bits per heavy atom. The third-order valence-electron chi connectivity index (χ3n) is 3.96. The molecule has 0 radical (unpaired) electrons. The fraction of sp³-hybridized carbons (Fsp3) is 0.562. The zero-order valence-corrected chi connectivity index (χ0v) is 15.5. The molecule has 0 saturated carbocycles. The van der Waals surface area contributed by atoms with Gasteiger partial charge < -0.3 is 19.5 Å². The van der Waals surface area contributed by atoms with Crippen LogP contribution in [0.15, 0.2) is 18.2 Å². The van der Waals surface area contributed by atoms with Crippen LogP contribution in [0.2, 0.25) is 0 Å². The maximum atomic E-state index is 12.4. The number of ether oxygens (including phenoxy) is 3. The summed E-state index contributed by atoms with van der Waals surface area (Å²) in [4.78, 5) is 12.2. The monoisotopic (exact) mass is 372 g/mol. The largest absolute Gasteiger partial charge is 0.493 e. The maximum absolute atomic E-state index is 12.4. The van der Waals surface area contributed by atoms with Gasteiger partial charge in [-0.3, -0.25) is 4.79 Å². The minimum Gasteiger partial charge on any atom is -0.493 e. The Balaban J connectivity index is 1.93. The first-order valence-corrected chi connectivity index (χ1v) is 9.57. The van der Waals surface area contributed by atoms with Crippen LogP contribution >= 0.6 is 0 Å². The van der Waals surface area contributed by atoms with E-state index in [2.05, 4.69) is 5.32 Å². The van der Waals surface area contributed by atoms with Crippen LogP contribution in [0.4, 0.5) is 0 Å². The normalized spacial score (nSPS) is 18.6. The zero-order valence-electron chi connectivity index (χ0n) is 14.6. The summed E-state index contributed by atoms with van der Waals surface area (Å²) in [5, 5.41) is 2.63. The van der Waals surface area contributed by atoms with Gasteiger partial charge in [0, 0.05) is 24.7 Å². The summed E-state index contributed by atoms with van der Waals surface area (Å²) < 4.78 is 41.7. The molecule has 0 aliphatic carbocycles. The number of benzene rings is 1. The van der Waals surface area contributed by atoms with Crippen molar-refractivity contribution in [2.24, 2.45) is 0 Å². The molecular weight excluding hydrogens is 348 g/mol. The number of nitrogens with one attached hydrogen (secondary N) is 1. The molecule has 0 bridgehead atoms. The van der Waals surface area contributed by atoms with Gasteiger partial charge >= 0.3 is 0 Å². The number of methoxy groups -OCH3 is 2. The van der Waals surface area contributed by atoms with E-state index in [0.717, 1.165) is 0 Å². The Labute approximate surface area is 148 Å². The third-order valence-corrected chi connectivity index (χ3v) is 5.93. The van der Waals surface area contributed by atoms with Crippen LogP contribution in [0.3, 0.4) is 0 Å². The number of hydrogen-bond acceptors (Lipinski definition) is 6. The van der Waals surface area contributed by atoms with Crippen LogP contribution in [-0.2, 0) is 14.8 Å². The van der Waals surface area contributed by atoms with Crippen molar-refractivity contribution < 1.29 is 27.4 Å². The number of morpholine rings is 1. The molecule has 1 atom stereocenters. The molecule has 1 N–H and O–H groups in total. The molecule has 0 spiro atoms. The summed E-state index contributed by atoms with van der Waals surface area (Å²) in [6.07, 6.45) is 0. The van der Waals surface area contributed by atoms with Gasteiger partial charge in [-0.2, -0.15) is 4.31 Å². The first kappa shape index (κ1) is 19.5. The van der Waals surface area contributed by atoms with Gasteiger partial charge in [-0.25, -0.2) is 8.42 Å². The highest BCUT2D eigenvalue weighted by atomic mass is 32.2. The number of amides is 1. The molecule has 0 aromatic heterocycles. The Morgan fingerprint density at radius 2 is 2.04 bits per heavy atom. The molecule has 1 amide bonds. The Kier molecular flexibility index (Phi) is 6.63. The fourth-order valence-corrected chi connectivity index (χ4v) is 4.17. The van der Waals surface area contributed by atoms with Gasteiger partial charge in [-0.15, -0.1) is 0 Å². The fourth-order valence-electron chi connectivity index (χ4n) is 2.62. The lowest BCUT2D eigenvalue weighted by Crippen LogP contribution is -2.49. The second kappa shape index (κ2) is 8.50. The first-order chi connectivity index (χ1) is 11.9. The van der Waals surface area contributed by atoms with Crippen molar-refractivity contribution in [2.45, 2.75) is 13.0 Å². The number of sulfonamides is 1. The summed E-state index contributed by atoms with van der Waals surface area (Å²) in [6, 6.07) is 4.57. The number of rotatable bonds is 7. The van der Waals surface area contributed by atoms with E-state index >= 15 is 0 Å². The molecule has 1 saturated heterocycles. The minimum atomic E-state index is -3.44. The Morgan fingerprint density at radius 3 is 2.68 bits per heavy atom. The van der Waals surface area contributed by atoms with Gasteiger partial charge in [-0.1, -0.05) is 0 Å². The van der Waals surface area contributed by atoms with E-state index in [4.69, 9.17) is 14.2 Å². The van der Waals surface area contributed by atoms with Crippen molar-refractivity contribution in [3.63, 3.8) is 0 Å². The second-order valence-electron chi connectivity index (χ2n) is 5.68. The summed E-state index contributed by atoms with van der Waals surface area (Å²) in [7, 11) is -0.449. The first-order valence-electron chi connectivity index (χ1n) is 7.96. The molecule has 1 aromatic carbocycles. The van der Waals surface area contributed by atoms with Gasteiger partial charge in [0.05, 0.1) is 33.2 Å².